The molecule has 0 spiro atoms. The van der Waals surface area contributed by atoms with Gasteiger partial charge in [-0.05, 0) is 30.3 Å². The second-order valence-electron chi connectivity index (χ2n) is 5.02. The molecule has 1 amide bonds. The van der Waals surface area contributed by atoms with E-state index in [0.29, 0.717) is 18.5 Å². The molecule has 1 N–H and O–H groups in total. The molecule has 0 radical (unpaired) electrons. The van der Waals surface area contributed by atoms with Crippen molar-refractivity contribution in [2.24, 2.45) is 0 Å². The molecule has 1 aliphatic rings. The smallest absolute Gasteiger partial charge is 0.267 e. The molecule has 8 heteroatoms. The van der Waals surface area contributed by atoms with Crippen LogP contribution < -0.4 is 4.72 Å². The number of carbonyl (C=O) groups is 1. The number of rotatable bonds is 4. The Labute approximate surface area is 116 Å². The fourth-order valence-electron chi connectivity index (χ4n) is 2.19. The van der Waals surface area contributed by atoms with E-state index in [0.717, 1.165) is 24.4 Å². The first-order valence-corrected chi connectivity index (χ1v) is 8.62. The summed E-state index contributed by atoms with van der Waals surface area (Å²) in [5, 5.41) is 3.43. The van der Waals surface area contributed by atoms with Crippen LogP contribution in [-0.2, 0) is 10.0 Å². The third-order valence-corrected chi connectivity index (χ3v) is 5.80. The van der Waals surface area contributed by atoms with Crippen LogP contribution in [0.2, 0.25) is 0 Å². The topological polar surface area (TPSA) is 89.0 Å². The lowest BCUT2D eigenvalue weighted by Gasteiger charge is -2.12. The molecule has 0 atom stereocenters. The molecule has 1 heterocycles. The van der Waals surface area contributed by atoms with Crippen LogP contribution in [-0.4, -0.2) is 29.2 Å². The minimum Gasteiger partial charge on any atom is -0.267 e. The van der Waals surface area contributed by atoms with Crippen molar-refractivity contribution in [3.63, 3.8) is 0 Å². The molecule has 106 valence electrons. The standard InChI is InChI=1S/C11H17N3O3S2/c1-7(2)9-10(18-14-12-9)11(15)13-19(16,17)8-5-3-4-6-8/h7-8H,3-6H2,1-2H3,(H,13,15). The lowest BCUT2D eigenvalue weighted by atomic mass is 10.1. The van der Waals surface area contributed by atoms with Crippen molar-refractivity contribution in [2.75, 3.05) is 0 Å². The summed E-state index contributed by atoms with van der Waals surface area (Å²) in [5.41, 5.74) is 0.545. The van der Waals surface area contributed by atoms with Crippen LogP contribution in [0.4, 0.5) is 0 Å². The van der Waals surface area contributed by atoms with Crippen molar-refractivity contribution in [2.45, 2.75) is 50.7 Å². The second kappa shape index (κ2) is 5.54. The fourth-order valence-corrected chi connectivity index (χ4v) is 4.45. The SMILES string of the molecule is CC(C)c1nnsc1C(=O)NS(=O)(=O)C1CCCC1. The second-order valence-corrected chi connectivity index (χ2v) is 7.74. The molecule has 0 saturated heterocycles. The van der Waals surface area contributed by atoms with Crippen molar-refractivity contribution >= 4 is 27.5 Å². The van der Waals surface area contributed by atoms with Gasteiger partial charge in [-0.25, -0.2) is 13.1 Å². The third kappa shape index (κ3) is 3.11. The number of amides is 1. The number of aromatic nitrogens is 2. The summed E-state index contributed by atoms with van der Waals surface area (Å²) < 4.78 is 30.0. The largest absolute Gasteiger partial charge is 0.278 e. The van der Waals surface area contributed by atoms with Crippen molar-refractivity contribution in [1.29, 1.82) is 0 Å². The zero-order chi connectivity index (χ0) is 14.0. The highest BCUT2D eigenvalue weighted by Gasteiger charge is 2.31. The van der Waals surface area contributed by atoms with Gasteiger partial charge in [-0.2, -0.15) is 0 Å². The van der Waals surface area contributed by atoms with Gasteiger partial charge in [-0.15, -0.1) is 5.10 Å². The van der Waals surface area contributed by atoms with Crippen LogP contribution in [0.15, 0.2) is 0 Å². The molecule has 1 aliphatic carbocycles. The van der Waals surface area contributed by atoms with E-state index in [1.807, 2.05) is 13.8 Å². The number of hydrogen-bond acceptors (Lipinski definition) is 6. The number of hydrogen-bond donors (Lipinski definition) is 1. The predicted octanol–water partition coefficient (Wildman–Crippen LogP) is 1.66. The number of nitrogens with one attached hydrogen (secondary N) is 1. The molecule has 0 aliphatic heterocycles. The van der Waals surface area contributed by atoms with E-state index in [4.69, 9.17) is 0 Å². The van der Waals surface area contributed by atoms with Crippen LogP contribution in [0.1, 0.15) is 60.8 Å². The first-order chi connectivity index (χ1) is 8.92. The zero-order valence-electron chi connectivity index (χ0n) is 10.9. The minimum atomic E-state index is -3.58. The van der Waals surface area contributed by atoms with E-state index in [1.165, 1.54) is 0 Å². The quantitative estimate of drug-likeness (QED) is 0.913. The Morgan fingerprint density at radius 2 is 2.00 bits per heavy atom. The average molecular weight is 303 g/mol. The maximum Gasteiger partial charge on any atom is 0.278 e. The van der Waals surface area contributed by atoms with E-state index in [-0.39, 0.29) is 10.8 Å². The first kappa shape index (κ1) is 14.4. The third-order valence-electron chi connectivity index (χ3n) is 3.24. The summed E-state index contributed by atoms with van der Waals surface area (Å²) in [6, 6.07) is 0. The monoisotopic (exact) mass is 303 g/mol. The lowest BCUT2D eigenvalue weighted by molar-refractivity contribution is 0.0983. The van der Waals surface area contributed by atoms with Gasteiger partial charge in [0.2, 0.25) is 10.0 Å². The summed E-state index contributed by atoms with van der Waals surface area (Å²) in [4.78, 5) is 12.3. The van der Waals surface area contributed by atoms with Gasteiger partial charge in [-0.1, -0.05) is 31.2 Å². The van der Waals surface area contributed by atoms with E-state index >= 15 is 0 Å². The van der Waals surface area contributed by atoms with Gasteiger partial charge in [0.15, 0.2) is 0 Å². The van der Waals surface area contributed by atoms with E-state index in [1.54, 1.807) is 0 Å². The Hall–Kier alpha value is -1.02. The summed E-state index contributed by atoms with van der Waals surface area (Å²) in [6.07, 6.45) is 3.05. The van der Waals surface area contributed by atoms with Crippen molar-refractivity contribution < 1.29 is 13.2 Å². The molecular weight excluding hydrogens is 286 g/mol. The van der Waals surface area contributed by atoms with Crippen molar-refractivity contribution in [3.8, 4) is 0 Å². The Kier molecular flexibility index (Phi) is 4.19. The highest BCUT2D eigenvalue weighted by molar-refractivity contribution is 7.90. The Morgan fingerprint density at radius 3 is 2.58 bits per heavy atom. The molecular formula is C11H17N3O3S2. The summed E-state index contributed by atoms with van der Waals surface area (Å²) >= 11 is 0.932. The molecule has 0 aromatic carbocycles. The van der Waals surface area contributed by atoms with Gasteiger partial charge in [-0.3, -0.25) is 4.79 Å². The zero-order valence-corrected chi connectivity index (χ0v) is 12.6. The van der Waals surface area contributed by atoms with Crippen LogP contribution in [0.25, 0.3) is 0 Å². The summed E-state index contributed by atoms with van der Waals surface area (Å²) in [7, 11) is -3.58. The van der Waals surface area contributed by atoms with Gasteiger partial charge < -0.3 is 0 Å². The molecule has 0 bridgehead atoms. The minimum absolute atomic E-state index is 0.0358. The first-order valence-electron chi connectivity index (χ1n) is 6.30. The van der Waals surface area contributed by atoms with Gasteiger partial charge in [0.1, 0.15) is 4.88 Å². The Balaban J connectivity index is 2.14. The molecule has 1 fully saturated rings. The number of nitrogens with zero attached hydrogens (tertiary/aromatic N) is 2. The predicted molar refractivity (Wildman–Crippen MR) is 72.6 cm³/mol. The number of sulfonamides is 1. The molecule has 19 heavy (non-hydrogen) atoms. The van der Waals surface area contributed by atoms with Crippen LogP contribution in [0.3, 0.4) is 0 Å². The maximum atomic E-state index is 12.1. The molecule has 1 aromatic heterocycles. The normalized spacial score (nSPS) is 17.0. The van der Waals surface area contributed by atoms with E-state index in [9.17, 15) is 13.2 Å². The lowest BCUT2D eigenvalue weighted by Crippen LogP contribution is -2.37. The van der Waals surface area contributed by atoms with Gasteiger partial charge in [0.25, 0.3) is 5.91 Å². The Morgan fingerprint density at radius 1 is 1.37 bits per heavy atom. The number of carbonyl (C=O) groups excluding carboxylic acids is 1. The van der Waals surface area contributed by atoms with Crippen molar-refractivity contribution in [3.05, 3.63) is 10.6 Å². The molecule has 6 nitrogen and oxygen atoms in total. The van der Waals surface area contributed by atoms with Gasteiger partial charge in [0.05, 0.1) is 10.9 Å². The van der Waals surface area contributed by atoms with Crippen LogP contribution in [0.5, 0.6) is 0 Å². The fraction of sp³-hybridized carbons (Fsp3) is 0.727. The molecule has 1 saturated carbocycles. The molecule has 1 aromatic rings. The molecule has 0 unspecified atom stereocenters. The Bertz CT molecular complexity index is 559. The van der Waals surface area contributed by atoms with Crippen molar-refractivity contribution in [1.82, 2.24) is 14.3 Å². The molecule has 2 rings (SSSR count). The van der Waals surface area contributed by atoms with E-state index in [2.05, 4.69) is 14.3 Å². The van der Waals surface area contributed by atoms with Crippen LogP contribution >= 0.6 is 11.5 Å². The van der Waals surface area contributed by atoms with Gasteiger partial charge >= 0.3 is 0 Å². The highest BCUT2D eigenvalue weighted by Crippen LogP contribution is 2.25. The maximum absolute atomic E-state index is 12.1. The van der Waals surface area contributed by atoms with E-state index < -0.39 is 21.2 Å². The average Bonchev–Trinajstić information content (AvgIpc) is 3.00. The summed E-state index contributed by atoms with van der Waals surface area (Å²) in [6.45, 7) is 3.78. The van der Waals surface area contributed by atoms with Crippen LogP contribution in [0, 0.1) is 0 Å². The highest BCUT2D eigenvalue weighted by atomic mass is 32.2. The summed E-state index contributed by atoms with van der Waals surface area (Å²) in [5.74, 6) is -0.570. The van der Waals surface area contributed by atoms with Gasteiger partial charge in [0, 0.05) is 0 Å².